The minimum Gasteiger partial charge on any atom is -0.370 e. The summed E-state index contributed by atoms with van der Waals surface area (Å²) in [6.45, 7) is 8.33. The Kier molecular flexibility index (Phi) is 4.42. The molecule has 2 rings (SSSR count). The van der Waals surface area contributed by atoms with Gasteiger partial charge in [-0.2, -0.15) is 5.26 Å². The van der Waals surface area contributed by atoms with Gasteiger partial charge in [0.15, 0.2) is 0 Å². The number of anilines is 1. The number of nitrogens with zero attached hydrogens (tertiary/aromatic N) is 3. The molecule has 0 aromatic carbocycles. The fourth-order valence-corrected chi connectivity index (χ4v) is 3.07. The quantitative estimate of drug-likeness (QED) is 0.830. The molecule has 1 saturated heterocycles. The first-order valence-corrected chi connectivity index (χ1v) is 7.29. The summed E-state index contributed by atoms with van der Waals surface area (Å²) in [4.78, 5) is 6.76. The van der Waals surface area contributed by atoms with Gasteiger partial charge in [-0.3, -0.25) is 4.98 Å². The predicted molar refractivity (Wildman–Crippen MR) is 78.3 cm³/mol. The lowest BCUT2D eigenvalue weighted by atomic mass is 9.92. The van der Waals surface area contributed by atoms with Crippen LogP contribution >= 0.6 is 0 Å². The van der Waals surface area contributed by atoms with Crippen molar-refractivity contribution in [1.82, 2.24) is 4.98 Å². The van der Waals surface area contributed by atoms with Crippen LogP contribution in [0.3, 0.4) is 0 Å². The van der Waals surface area contributed by atoms with Gasteiger partial charge in [-0.25, -0.2) is 0 Å². The summed E-state index contributed by atoms with van der Waals surface area (Å²) in [5, 5.41) is 9.34. The van der Waals surface area contributed by atoms with E-state index in [1.807, 2.05) is 13.8 Å². The van der Waals surface area contributed by atoms with Crippen molar-refractivity contribution in [2.75, 3.05) is 18.0 Å². The van der Waals surface area contributed by atoms with Gasteiger partial charge in [-0.1, -0.05) is 19.8 Å². The first-order chi connectivity index (χ1) is 9.15. The van der Waals surface area contributed by atoms with Gasteiger partial charge in [-0.15, -0.1) is 0 Å². The Morgan fingerprint density at radius 1 is 1.37 bits per heavy atom. The zero-order valence-corrected chi connectivity index (χ0v) is 12.2. The summed E-state index contributed by atoms with van der Waals surface area (Å²) < 4.78 is 0. The van der Waals surface area contributed by atoms with E-state index in [1.54, 1.807) is 0 Å². The molecule has 102 valence electrons. The first kappa shape index (κ1) is 13.9. The van der Waals surface area contributed by atoms with E-state index < -0.39 is 0 Å². The third-order valence-corrected chi connectivity index (χ3v) is 4.07. The average molecular weight is 257 g/mol. The van der Waals surface area contributed by atoms with Gasteiger partial charge in [0, 0.05) is 18.8 Å². The summed E-state index contributed by atoms with van der Waals surface area (Å²) in [6.07, 6.45) is 5.12. The topological polar surface area (TPSA) is 39.9 Å². The number of hydrogen-bond donors (Lipinski definition) is 0. The molecule has 0 saturated carbocycles. The third-order valence-electron chi connectivity index (χ3n) is 4.07. The van der Waals surface area contributed by atoms with Gasteiger partial charge in [0.05, 0.1) is 16.9 Å². The molecule has 0 amide bonds. The van der Waals surface area contributed by atoms with Crippen LogP contribution in [0.15, 0.2) is 6.07 Å². The molecular weight excluding hydrogens is 234 g/mol. The van der Waals surface area contributed by atoms with Crippen LogP contribution in [0, 0.1) is 31.1 Å². The maximum atomic E-state index is 9.34. The fraction of sp³-hybridized carbons (Fsp3) is 0.625. The van der Waals surface area contributed by atoms with Crippen LogP contribution in [0.25, 0.3) is 0 Å². The Hall–Kier alpha value is -1.56. The standard InChI is InChI=1S/C16H23N3/c1-4-5-14-6-8-19(9-7-14)16-10-12(2)18-13(3)15(16)11-17/h10,14H,4-9H2,1-3H3. The molecule has 2 heterocycles. The molecule has 0 atom stereocenters. The molecule has 1 fully saturated rings. The number of nitriles is 1. The first-order valence-electron chi connectivity index (χ1n) is 7.29. The average Bonchev–Trinajstić information content (AvgIpc) is 2.39. The Morgan fingerprint density at radius 3 is 2.63 bits per heavy atom. The summed E-state index contributed by atoms with van der Waals surface area (Å²) in [7, 11) is 0. The number of aromatic nitrogens is 1. The van der Waals surface area contributed by atoms with E-state index in [0.717, 1.165) is 41.6 Å². The Morgan fingerprint density at radius 2 is 2.05 bits per heavy atom. The fourth-order valence-electron chi connectivity index (χ4n) is 3.07. The van der Waals surface area contributed by atoms with Crippen LogP contribution in [-0.2, 0) is 0 Å². The second-order valence-corrected chi connectivity index (χ2v) is 5.57. The van der Waals surface area contributed by atoms with Crippen LogP contribution in [-0.4, -0.2) is 18.1 Å². The van der Waals surface area contributed by atoms with Crippen LogP contribution in [0.1, 0.15) is 49.6 Å². The van der Waals surface area contributed by atoms with E-state index in [2.05, 4.69) is 28.9 Å². The molecule has 0 aliphatic carbocycles. The zero-order valence-electron chi connectivity index (χ0n) is 12.2. The highest BCUT2D eigenvalue weighted by Crippen LogP contribution is 2.29. The molecule has 1 aliphatic heterocycles. The van der Waals surface area contributed by atoms with E-state index in [1.165, 1.54) is 25.7 Å². The van der Waals surface area contributed by atoms with Crippen molar-refractivity contribution in [2.45, 2.75) is 46.5 Å². The summed E-state index contributed by atoms with van der Waals surface area (Å²) in [5.74, 6) is 0.871. The molecule has 1 aromatic heterocycles. The number of hydrogen-bond acceptors (Lipinski definition) is 3. The van der Waals surface area contributed by atoms with Crippen molar-refractivity contribution < 1.29 is 0 Å². The third kappa shape index (κ3) is 3.07. The highest BCUT2D eigenvalue weighted by molar-refractivity contribution is 5.61. The van der Waals surface area contributed by atoms with Gasteiger partial charge in [0.2, 0.25) is 0 Å². The largest absolute Gasteiger partial charge is 0.370 e. The number of piperidine rings is 1. The normalized spacial score (nSPS) is 16.4. The van der Waals surface area contributed by atoms with E-state index in [-0.39, 0.29) is 0 Å². The molecular formula is C16H23N3. The number of pyridine rings is 1. The predicted octanol–water partition coefficient (Wildman–Crippen LogP) is 3.59. The Bertz CT molecular complexity index is 480. The minimum atomic E-state index is 0.750. The van der Waals surface area contributed by atoms with Gasteiger partial charge in [-0.05, 0) is 38.7 Å². The molecule has 0 unspecified atom stereocenters. The number of aryl methyl sites for hydroxylation is 2. The lowest BCUT2D eigenvalue weighted by Gasteiger charge is -2.34. The molecule has 0 N–H and O–H groups in total. The molecule has 1 aliphatic rings. The lowest BCUT2D eigenvalue weighted by molar-refractivity contribution is 0.378. The monoisotopic (exact) mass is 257 g/mol. The van der Waals surface area contributed by atoms with Gasteiger partial charge in [0.1, 0.15) is 6.07 Å². The highest BCUT2D eigenvalue weighted by atomic mass is 15.1. The van der Waals surface area contributed by atoms with E-state index in [9.17, 15) is 5.26 Å². The van der Waals surface area contributed by atoms with Crippen molar-refractivity contribution in [3.8, 4) is 6.07 Å². The molecule has 0 spiro atoms. The Balaban J connectivity index is 2.18. The SMILES string of the molecule is CCCC1CCN(c2cc(C)nc(C)c2C#N)CC1. The van der Waals surface area contributed by atoms with Crippen molar-refractivity contribution in [3.63, 3.8) is 0 Å². The molecule has 3 heteroatoms. The van der Waals surface area contributed by atoms with Gasteiger partial charge >= 0.3 is 0 Å². The van der Waals surface area contributed by atoms with E-state index in [0.29, 0.717) is 0 Å². The Labute approximate surface area is 116 Å². The second kappa shape index (κ2) is 6.06. The number of rotatable bonds is 3. The van der Waals surface area contributed by atoms with Crippen LogP contribution in [0.2, 0.25) is 0 Å². The van der Waals surface area contributed by atoms with Crippen molar-refractivity contribution in [3.05, 3.63) is 23.0 Å². The van der Waals surface area contributed by atoms with E-state index >= 15 is 0 Å². The van der Waals surface area contributed by atoms with Gasteiger partial charge < -0.3 is 4.90 Å². The molecule has 0 bridgehead atoms. The molecule has 3 nitrogen and oxygen atoms in total. The smallest absolute Gasteiger partial charge is 0.103 e. The minimum absolute atomic E-state index is 0.750. The van der Waals surface area contributed by atoms with E-state index in [4.69, 9.17) is 0 Å². The summed E-state index contributed by atoms with van der Waals surface area (Å²) >= 11 is 0. The highest BCUT2D eigenvalue weighted by Gasteiger charge is 2.21. The zero-order chi connectivity index (χ0) is 13.8. The summed E-state index contributed by atoms with van der Waals surface area (Å²) in [5.41, 5.74) is 3.69. The second-order valence-electron chi connectivity index (χ2n) is 5.57. The van der Waals surface area contributed by atoms with Crippen molar-refractivity contribution in [1.29, 1.82) is 5.26 Å². The van der Waals surface area contributed by atoms with Crippen LogP contribution < -0.4 is 4.90 Å². The maximum Gasteiger partial charge on any atom is 0.103 e. The summed E-state index contributed by atoms with van der Waals surface area (Å²) in [6, 6.07) is 4.38. The molecule has 1 aromatic rings. The van der Waals surface area contributed by atoms with Gasteiger partial charge in [0.25, 0.3) is 0 Å². The van der Waals surface area contributed by atoms with Crippen molar-refractivity contribution >= 4 is 5.69 Å². The van der Waals surface area contributed by atoms with Crippen LogP contribution in [0.4, 0.5) is 5.69 Å². The maximum absolute atomic E-state index is 9.34. The van der Waals surface area contributed by atoms with Crippen molar-refractivity contribution in [2.24, 2.45) is 5.92 Å². The molecule has 0 radical (unpaired) electrons. The molecule has 19 heavy (non-hydrogen) atoms. The van der Waals surface area contributed by atoms with Crippen LogP contribution in [0.5, 0.6) is 0 Å². The lowest BCUT2D eigenvalue weighted by Crippen LogP contribution is -2.34.